The van der Waals surface area contributed by atoms with Crippen LogP contribution in [0.3, 0.4) is 0 Å². The second-order valence-corrected chi connectivity index (χ2v) is 20.7. The van der Waals surface area contributed by atoms with Gasteiger partial charge in [0.15, 0.2) is 18.9 Å². The van der Waals surface area contributed by atoms with Crippen LogP contribution in [0.15, 0.2) is 36.5 Å². The van der Waals surface area contributed by atoms with Crippen molar-refractivity contribution in [1.29, 1.82) is 0 Å². The number of amides is 1. The molecule has 75 heavy (non-hydrogen) atoms. The molecule has 3 rings (SSSR count). The summed E-state index contributed by atoms with van der Waals surface area (Å²) in [5, 5.41) is 119. The van der Waals surface area contributed by atoms with E-state index in [4.69, 9.17) is 28.4 Å². The highest BCUT2D eigenvalue weighted by molar-refractivity contribution is 5.76. The first-order valence-corrected chi connectivity index (χ1v) is 28.7. The van der Waals surface area contributed by atoms with Gasteiger partial charge < -0.3 is 89.9 Å². The Balaban J connectivity index is 1.41. The number of unbranched alkanes of at least 4 members (excludes halogenated alkanes) is 21. The average Bonchev–Trinajstić information content (AvgIpc) is 3.41. The summed E-state index contributed by atoms with van der Waals surface area (Å²) in [4.78, 5) is 13.0. The van der Waals surface area contributed by atoms with Gasteiger partial charge in [0.2, 0.25) is 5.91 Å². The fourth-order valence-electron chi connectivity index (χ4n) is 9.63. The highest BCUT2D eigenvalue weighted by Gasteiger charge is 2.53. The highest BCUT2D eigenvalue weighted by atomic mass is 16.8. The van der Waals surface area contributed by atoms with Gasteiger partial charge >= 0.3 is 0 Å². The van der Waals surface area contributed by atoms with Crippen LogP contribution in [-0.2, 0) is 33.2 Å². The maximum atomic E-state index is 13.0. The third-order valence-corrected chi connectivity index (χ3v) is 14.4. The molecule has 0 aromatic carbocycles. The Kier molecular flexibility index (Phi) is 36.1. The number of carbonyl (C=O) groups is 1. The zero-order chi connectivity index (χ0) is 54.8. The summed E-state index contributed by atoms with van der Waals surface area (Å²) >= 11 is 0. The van der Waals surface area contributed by atoms with Crippen LogP contribution in [0.4, 0.5) is 0 Å². The fraction of sp³-hybridized carbons (Fsp3) is 0.875. The number of hydrogen-bond acceptors (Lipinski definition) is 18. The average molecular weight is 1080 g/mol. The number of rotatable bonds is 41. The third-order valence-electron chi connectivity index (χ3n) is 14.4. The lowest BCUT2D eigenvalue weighted by atomic mass is 9.96. The largest absolute Gasteiger partial charge is 0.394 e. The van der Waals surface area contributed by atoms with Gasteiger partial charge in [0, 0.05) is 6.42 Å². The molecule has 3 fully saturated rings. The number of allylic oxidation sites excluding steroid dienone is 5. The molecule has 3 saturated heterocycles. The summed E-state index contributed by atoms with van der Waals surface area (Å²) in [6.45, 7) is 1.53. The molecule has 19 heteroatoms. The van der Waals surface area contributed by atoms with E-state index >= 15 is 0 Å². The standard InChI is InChI=1S/C56H101NO18/c1-3-5-7-9-10-11-12-13-14-15-16-17-18-19-20-21-22-23-24-25-26-27-28-29-30-31-33-40(61)39(57-44(62)34-32-8-6-4-2)38-70-54-50(68)47(65)52(42(36-59)72-54)75-56-51(69)48(66)53(43(37-60)73-56)74-55-49(67)46(64)45(63)41(35-58)71-55/h23-24,27-28,31,33,39-43,45-56,58-61,63-69H,3-22,25-26,29-30,32,34-38H2,1-2H3,(H,57,62)/b24-23+,28-27+,33-31+. The lowest BCUT2D eigenvalue weighted by Gasteiger charge is -2.48. The molecule has 0 radical (unpaired) electrons. The van der Waals surface area contributed by atoms with Crippen molar-refractivity contribution < 1.29 is 89.4 Å². The van der Waals surface area contributed by atoms with E-state index in [1.807, 2.05) is 6.08 Å². The Hall–Kier alpha value is -1.99. The number of nitrogens with one attached hydrogen (secondary N) is 1. The van der Waals surface area contributed by atoms with E-state index in [1.165, 1.54) is 103 Å². The van der Waals surface area contributed by atoms with Crippen LogP contribution in [0.5, 0.6) is 0 Å². The maximum Gasteiger partial charge on any atom is 0.220 e. The molecule has 0 saturated carbocycles. The predicted octanol–water partition coefficient (Wildman–Crippen LogP) is 4.15. The van der Waals surface area contributed by atoms with Crippen molar-refractivity contribution in [3.63, 3.8) is 0 Å². The number of aliphatic hydroxyl groups is 11. The molecule has 3 heterocycles. The van der Waals surface area contributed by atoms with Gasteiger partial charge in [-0.1, -0.05) is 166 Å². The summed E-state index contributed by atoms with van der Waals surface area (Å²) in [6.07, 6.45) is 15.4. The van der Waals surface area contributed by atoms with Crippen molar-refractivity contribution in [1.82, 2.24) is 5.32 Å². The monoisotopic (exact) mass is 1080 g/mol. The normalized spacial score (nSPS) is 31.5. The molecule has 0 spiro atoms. The molecule has 438 valence electrons. The van der Waals surface area contributed by atoms with Gasteiger partial charge in [0.1, 0.15) is 73.2 Å². The second-order valence-electron chi connectivity index (χ2n) is 20.7. The van der Waals surface area contributed by atoms with Crippen LogP contribution < -0.4 is 5.32 Å². The number of ether oxygens (including phenoxy) is 6. The van der Waals surface area contributed by atoms with Crippen LogP contribution in [0.1, 0.15) is 181 Å². The van der Waals surface area contributed by atoms with Gasteiger partial charge in [0.05, 0.1) is 38.6 Å². The Morgan fingerprint density at radius 1 is 0.467 bits per heavy atom. The van der Waals surface area contributed by atoms with Crippen molar-refractivity contribution in [2.45, 2.75) is 285 Å². The van der Waals surface area contributed by atoms with Crippen LogP contribution in [-0.4, -0.2) is 193 Å². The molecule has 1 amide bonds. The van der Waals surface area contributed by atoms with Gasteiger partial charge in [-0.2, -0.15) is 0 Å². The van der Waals surface area contributed by atoms with E-state index in [0.717, 1.165) is 44.9 Å². The molecule has 3 aliphatic heterocycles. The summed E-state index contributed by atoms with van der Waals surface area (Å²) < 4.78 is 34.0. The first kappa shape index (κ1) is 67.3. The number of carbonyl (C=O) groups excluding carboxylic acids is 1. The molecular formula is C56H101NO18. The molecule has 0 aromatic rings. The van der Waals surface area contributed by atoms with Gasteiger partial charge in [-0.05, 0) is 44.9 Å². The molecular weight excluding hydrogens is 975 g/mol. The maximum absolute atomic E-state index is 13.0. The van der Waals surface area contributed by atoms with Crippen molar-refractivity contribution in [2.24, 2.45) is 0 Å². The van der Waals surface area contributed by atoms with E-state index in [0.29, 0.717) is 12.8 Å². The molecule has 0 bridgehead atoms. The third kappa shape index (κ3) is 24.9. The molecule has 0 aliphatic carbocycles. The van der Waals surface area contributed by atoms with Crippen molar-refractivity contribution in [2.75, 3.05) is 26.4 Å². The lowest BCUT2D eigenvalue weighted by molar-refractivity contribution is -0.379. The van der Waals surface area contributed by atoms with E-state index in [-0.39, 0.29) is 18.9 Å². The van der Waals surface area contributed by atoms with Crippen molar-refractivity contribution in [3.05, 3.63) is 36.5 Å². The van der Waals surface area contributed by atoms with E-state index in [9.17, 15) is 61.0 Å². The second kappa shape index (κ2) is 40.2. The number of aliphatic hydroxyl groups excluding tert-OH is 11. The Morgan fingerprint density at radius 2 is 0.853 bits per heavy atom. The quantitative estimate of drug-likeness (QED) is 0.0302. The molecule has 0 aromatic heterocycles. The Labute approximate surface area is 447 Å². The van der Waals surface area contributed by atoms with E-state index in [1.54, 1.807) is 6.08 Å². The summed E-state index contributed by atoms with van der Waals surface area (Å²) in [5.41, 5.74) is 0. The predicted molar refractivity (Wildman–Crippen MR) is 282 cm³/mol. The first-order chi connectivity index (χ1) is 36.3. The van der Waals surface area contributed by atoms with Crippen LogP contribution in [0.25, 0.3) is 0 Å². The Morgan fingerprint density at radius 3 is 1.33 bits per heavy atom. The lowest BCUT2D eigenvalue weighted by Crippen LogP contribution is -2.66. The zero-order valence-corrected chi connectivity index (χ0v) is 45.3. The van der Waals surface area contributed by atoms with Crippen molar-refractivity contribution >= 4 is 5.91 Å². The highest BCUT2D eigenvalue weighted by Crippen LogP contribution is 2.33. The summed E-state index contributed by atoms with van der Waals surface area (Å²) in [5.74, 6) is -0.309. The fourth-order valence-corrected chi connectivity index (χ4v) is 9.63. The summed E-state index contributed by atoms with van der Waals surface area (Å²) in [7, 11) is 0. The van der Waals surface area contributed by atoms with Crippen LogP contribution in [0, 0.1) is 0 Å². The Bertz CT molecular complexity index is 1520. The van der Waals surface area contributed by atoms with Gasteiger partial charge in [0.25, 0.3) is 0 Å². The number of hydrogen-bond donors (Lipinski definition) is 12. The molecule has 17 unspecified atom stereocenters. The van der Waals surface area contributed by atoms with Gasteiger partial charge in [-0.15, -0.1) is 0 Å². The van der Waals surface area contributed by atoms with E-state index in [2.05, 4.69) is 43.5 Å². The smallest absolute Gasteiger partial charge is 0.220 e. The first-order valence-electron chi connectivity index (χ1n) is 28.7. The van der Waals surface area contributed by atoms with Crippen LogP contribution >= 0.6 is 0 Å². The van der Waals surface area contributed by atoms with Crippen LogP contribution in [0.2, 0.25) is 0 Å². The van der Waals surface area contributed by atoms with Gasteiger partial charge in [-0.25, -0.2) is 0 Å². The van der Waals surface area contributed by atoms with Crippen molar-refractivity contribution in [3.8, 4) is 0 Å². The molecule has 12 N–H and O–H groups in total. The molecule has 19 nitrogen and oxygen atoms in total. The topological polar surface area (TPSA) is 307 Å². The molecule has 17 atom stereocenters. The minimum absolute atomic E-state index is 0.223. The SMILES string of the molecule is CCCCCCCCCCCCCCCCCC/C=C/CC/C=C/CC/C=C/C(O)C(COC1OC(CO)C(OC2OC(CO)C(OC3OC(CO)C(O)C(O)C3O)C(O)C2O)C(O)C1O)NC(=O)CCCCCC. The van der Waals surface area contributed by atoms with E-state index < -0.39 is 124 Å². The minimum Gasteiger partial charge on any atom is -0.394 e. The summed E-state index contributed by atoms with van der Waals surface area (Å²) in [6, 6.07) is -0.989. The minimum atomic E-state index is -1.98. The zero-order valence-electron chi connectivity index (χ0n) is 45.3. The van der Waals surface area contributed by atoms with Gasteiger partial charge in [-0.3, -0.25) is 4.79 Å². The molecule has 3 aliphatic rings.